The zero-order valence-corrected chi connectivity index (χ0v) is 11.7. The summed E-state index contributed by atoms with van der Waals surface area (Å²) in [5, 5.41) is 8.26. The molecule has 2 aromatic rings. The molecule has 0 atom stereocenters. The van der Waals surface area contributed by atoms with Crippen LogP contribution in [0.1, 0.15) is 25.2 Å². The molecule has 2 heterocycles. The van der Waals surface area contributed by atoms with Gasteiger partial charge in [-0.25, -0.2) is 0 Å². The fraction of sp³-hybridized carbons (Fsp3) is 0.467. The van der Waals surface area contributed by atoms with Crippen molar-refractivity contribution in [3.8, 4) is 17.2 Å². The molecule has 0 saturated carbocycles. The van der Waals surface area contributed by atoms with Crippen LogP contribution in [0.2, 0.25) is 0 Å². The molecular weight excluding hydrogens is 254 g/mol. The summed E-state index contributed by atoms with van der Waals surface area (Å²) >= 11 is 0. The number of methoxy groups -OCH3 is 1. The van der Waals surface area contributed by atoms with Gasteiger partial charge < -0.3 is 9.15 Å². The van der Waals surface area contributed by atoms with Crippen LogP contribution in [-0.2, 0) is 6.54 Å². The zero-order chi connectivity index (χ0) is 13.8. The number of piperidine rings is 1. The topological polar surface area (TPSA) is 51.4 Å². The van der Waals surface area contributed by atoms with Crippen molar-refractivity contribution < 1.29 is 9.15 Å². The molecule has 0 amide bonds. The van der Waals surface area contributed by atoms with Gasteiger partial charge in [0.15, 0.2) is 0 Å². The van der Waals surface area contributed by atoms with Gasteiger partial charge in [0, 0.05) is 5.56 Å². The van der Waals surface area contributed by atoms with Crippen molar-refractivity contribution in [2.45, 2.75) is 25.8 Å². The van der Waals surface area contributed by atoms with Crippen LogP contribution in [0.3, 0.4) is 0 Å². The first-order chi connectivity index (χ1) is 9.85. The highest BCUT2D eigenvalue weighted by Gasteiger charge is 2.15. The van der Waals surface area contributed by atoms with E-state index in [1.807, 2.05) is 24.3 Å². The molecule has 1 aromatic heterocycles. The molecule has 20 heavy (non-hydrogen) atoms. The minimum absolute atomic E-state index is 0.569. The summed E-state index contributed by atoms with van der Waals surface area (Å²) < 4.78 is 10.9. The van der Waals surface area contributed by atoms with Crippen molar-refractivity contribution in [3.05, 3.63) is 30.2 Å². The molecule has 0 spiro atoms. The first-order valence-electron chi connectivity index (χ1n) is 7.04. The average molecular weight is 273 g/mol. The number of ether oxygens (including phenoxy) is 1. The normalized spacial score (nSPS) is 16.2. The number of rotatable bonds is 4. The number of benzene rings is 1. The molecule has 5 nitrogen and oxygen atoms in total. The standard InChI is InChI=1S/C15H19N3O2/c1-19-13-7-5-12(6-8-13)15-17-16-14(20-15)11-18-9-3-2-4-10-18/h5-8H,2-4,9-11H2,1H3. The summed E-state index contributed by atoms with van der Waals surface area (Å²) in [6.45, 7) is 3.00. The third-order valence-electron chi connectivity index (χ3n) is 3.61. The molecule has 1 fully saturated rings. The number of nitrogens with zero attached hydrogens (tertiary/aromatic N) is 3. The molecule has 1 aromatic carbocycles. The van der Waals surface area contributed by atoms with Crippen molar-refractivity contribution in [2.75, 3.05) is 20.2 Å². The van der Waals surface area contributed by atoms with E-state index in [1.54, 1.807) is 7.11 Å². The lowest BCUT2D eigenvalue weighted by atomic mass is 10.1. The van der Waals surface area contributed by atoms with E-state index in [4.69, 9.17) is 9.15 Å². The Hall–Kier alpha value is -1.88. The third-order valence-corrected chi connectivity index (χ3v) is 3.61. The molecule has 5 heteroatoms. The minimum atomic E-state index is 0.569. The van der Waals surface area contributed by atoms with Crippen molar-refractivity contribution >= 4 is 0 Å². The number of aromatic nitrogens is 2. The Morgan fingerprint density at radius 3 is 2.55 bits per heavy atom. The van der Waals surface area contributed by atoms with Gasteiger partial charge in [0.1, 0.15) is 5.75 Å². The first kappa shape index (κ1) is 13.1. The lowest BCUT2D eigenvalue weighted by Gasteiger charge is -2.24. The second-order valence-corrected chi connectivity index (χ2v) is 5.07. The Labute approximate surface area is 118 Å². The molecule has 0 aliphatic carbocycles. The third kappa shape index (κ3) is 2.99. The van der Waals surface area contributed by atoms with Crippen LogP contribution in [0.5, 0.6) is 5.75 Å². The maximum atomic E-state index is 5.74. The molecule has 1 aliphatic rings. The van der Waals surface area contributed by atoms with E-state index in [0.29, 0.717) is 11.8 Å². The second-order valence-electron chi connectivity index (χ2n) is 5.07. The fourth-order valence-electron chi connectivity index (χ4n) is 2.48. The maximum absolute atomic E-state index is 5.74. The van der Waals surface area contributed by atoms with Gasteiger partial charge in [0.2, 0.25) is 11.8 Å². The molecule has 1 saturated heterocycles. The Kier molecular flexibility index (Phi) is 3.97. The van der Waals surface area contributed by atoms with E-state index in [0.717, 1.165) is 30.9 Å². The summed E-state index contributed by atoms with van der Waals surface area (Å²) in [5.41, 5.74) is 0.920. The van der Waals surface area contributed by atoms with Gasteiger partial charge in [0.05, 0.1) is 13.7 Å². The van der Waals surface area contributed by atoms with E-state index in [2.05, 4.69) is 15.1 Å². The monoisotopic (exact) mass is 273 g/mol. The maximum Gasteiger partial charge on any atom is 0.247 e. The summed E-state index contributed by atoms with van der Waals surface area (Å²) in [4.78, 5) is 2.37. The van der Waals surface area contributed by atoms with Crippen molar-refractivity contribution in [1.29, 1.82) is 0 Å². The fourth-order valence-corrected chi connectivity index (χ4v) is 2.48. The Balaban J connectivity index is 1.68. The van der Waals surface area contributed by atoms with Crippen molar-refractivity contribution in [2.24, 2.45) is 0 Å². The molecule has 1 aliphatic heterocycles. The molecule has 0 N–H and O–H groups in total. The van der Waals surface area contributed by atoms with E-state index in [1.165, 1.54) is 19.3 Å². The highest BCUT2D eigenvalue weighted by atomic mass is 16.5. The van der Waals surface area contributed by atoms with Crippen LogP contribution in [0.25, 0.3) is 11.5 Å². The van der Waals surface area contributed by atoms with Crippen LogP contribution in [0.4, 0.5) is 0 Å². The predicted molar refractivity (Wildman–Crippen MR) is 75.4 cm³/mol. The number of hydrogen-bond acceptors (Lipinski definition) is 5. The van der Waals surface area contributed by atoms with Gasteiger partial charge >= 0.3 is 0 Å². The van der Waals surface area contributed by atoms with Crippen molar-refractivity contribution in [3.63, 3.8) is 0 Å². The van der Waals surface area contributed by atoms with Crippen molar-refractivity contribution in [1.82, 2.24) is 15.1 Å². The lowest BCUT2D eigenvalue weighted by Crippen LogP contribution is -2.29. The minimum Gasteiger partial charge on any atom is -0.497 e. The Morgan fingerprint density at radius 1 is 1.10 bits per heavy atom. The average Bonchev–Trinajstić information content (AvgIpc) is 2.97. The summed E-state index contributed by atoms with van der Waals surface area (Å²) in [6, 6.07) is 7.64. The zero-order valence-electron chi connectivity index (χ0n) is 11.7. The number of likely N-dealkylation sites (tertiary alicyclic amines) is 1. The smallest absolute Gasteiger partial charge is 0.247 e. The second kappa shape index (κ2) is 6.05. The van der Waals surface area contributed by atoms with Gasteiger partial charge in [-0.05, 0) is 50.2 Å². The quantitative estimate of drug-likeness (QED) is 0.857. The van der Waals surface area contributed by atoms with Crippen LogP contribution in [0, 0.1) is 0 Å². The SMILES string of the molecule is COc1ccc(-c2nnc(CN3CCCCC3)o2)cc1. The molecular formula is C15H19N3O2. The highest BCUT2D eigenvalue weighted by molar-refractivity contribution is 5.53. The summed E-state index contributed by atoms with van der Waals surface area (Å²) in [7, 11) is 1.65. The van der Waals surface area contributed by atoms with Crippen LogP contribution in [-0.4, -0.2) is 35.3 Å². The van der Waals surface area contributed by atoms with E-state index in [-0.39, 0.29) is 0 Å². The molecule has 3 rings (SSSR count). The molecule has 106 valence electrons. The summed E-state index contributed by atoms with van der Waals surface area (Å²) in [5.74, 6) is 2.08. The van der Waals surface area contributed by atoms with E-state index >= 15 is 0 Å². The van der Waals surface area contributed by atoms with Gasteiger partial charge in [-0.1, -0.05) is 6.42 Å². The molecule has 0 bridgehead atoms. The summed E-state index contributed by atoms with van der Waals surface area (Å²) in [6.07, 6.45) is 3.86. The van der Waals surface area contributed by atoms with Crippen LogP contribution < -0.4 is 4.74 Å². The van der Waals surface area contributed by atoms with Gasteiger partial charge in [-0.2, -0.15) is 0 Å². The molecule has 0 unspecified atom stereocenters. The first-order valence-corrected chi connectivity index (χ1v) is 7.04. The van der Waals surface area contributed by atoms with Gasteiger partial charge in [0.25, 0.3) is 0 Å². The van der Waals surface area contributed by atoms with Gasteiger partial charge in [-0.3, -0.25) is 4.90 Å². The highest BCUT2D eigenvalue weighted by Crippen LogP contribution is 2.22. The van der Waals surface area contributed by atoms with E-state index < -0.39 is 0 Å². The predicted octanol–water partition coefficient (Wildman–Crippen LogP) is 2.73. The molecule has 0 radical (unpaired) electrons. The lowest BCUT2D eigenvalue weighted by molar-refractivity contribution is 0.202. The van der Waals surface area contributed by atoms with Gasteiger partial charge in [-0.15, -0.1) is 10.2 Å². The Bertz CT molecular complexity index is 545. The number of hydrogen-bond donors (Lipinski definition) is 0. The van der Waals surface area contributed by atoms with E-state index in [9.17, 15) is 0 Å². The van der Waals surface area contributed by atoms with Crippen LogP contribution in [0.15, 0.2) is 28.7 Å². The Morgan fingerprint density at radius 2 is 1.85 bits per heavy atom. The van der Waals surface area contributed by atoms with Crippen LogP contribution >= 0.6 is 0 Å². The largest absolute Gasteiger partial charge is 0.497 e.